The maximum atomic E-state index is 9.60. The molecule has 0 radical (unpaired) electrons. The number of benzene rings is 2. The van der Waals surface area contributed by atoms with E-state index >= 15 is 0 Å². The molecule has 3 N–H and O–H groups in total. The van der Waals surface area contributed by atoms with Crippen molar-refractivity contribution in [3.63, 3.8) is 0 Å². The van der Waals surface area contributed by atoms with Crippen LogP contribution in [0.2, 0.25) is 5.02 Å². The standard InChI is InChI=1S/C10H8ClNO/c11-8-5-9(12)10(13)7-4-2-1-3-6(7)8/h1-5,13H,12H2. The van der Waals surface area contributed by atoms with Gasteiger partial charge in [0, 0.05) is 10.8 Å². The summed E-state index contributed by atoms with van der Waals surface area (Å²) in [4.78, 5) is 0. The third-order valence-corrected chi connectivity index (χ3v) is 2.31. The second-order valence-electron chi connectivity index (χ2n) is 2.84. The van der Waals surface area contributed by atoms with Crippen LogP contribution in [-0.2, 0) is 0 Å². The lowest BCUT2D eigenvalue weighted by Gasteiger charge is -2.05. The minimum Gasteiger partial charge on any atom is -0.505 e. The third kappa shape index (κ3) is 1.19. The molecule has 0 aliphatic rings. The molecular weight excluding hydrogens is 186 g/mol. The summed E-state index contributed by atoms with van der Waals surface area (Å²) in [6.45, 7) is 0. The molecule has 2 aromatic rings. The molecule has 0 saturated carbocycles. The molecule has 0 atom stereocenters. The van der Waals surface area contributed by atoms with Crippen LogP contribution in [0, 0.1) is 0 Å². The van der Waals surface area contributed by atoms with E-state index in [-0.39, 0.29) is 5.75 Å². The molecule has 0 amide bonds. The first-order chi connectivity index (χ1) is 6.20. The summed E-state index contributed by atoms with van der Waals surface area (Å²) in [5.74, 6) is 0.0972. The molecule has 0 unspecified atom stereocenters. The highest BCUT2D eigenvalue weighted by Gasteiger charge is 2.06. The number of hydrogen-bond donors (Lipinski definition) is 2. The fraction of sp³-hybridized carbons (Fsp3) is 0. The second-order valence-corrected chi connectivity index (χ2v) is 3.25. The average molecular weight is 194 g/mol. The van der Waals surface area contributed by atoms with Crippen molar-refractivity contribution in [2.75, 3.05) is 5.73 Å². The summed E-state index contributed by atoms with van der Waals surface area (Å²) in [5.41, 5.74) is 5.86. The van der Waals surface area contributed by atoms with Gasteiger partial charge in [0.05, 0.1) is 10.7 Å². The number of anilines is 1. The topological polar surface area (TPSA) is 46.2 Å². The number of halogens is 1. The lowest BCUT2D eigenvalue weighted by molar-refractivity contribution is 0.484. The Morgan fingerprint density at radius 2 is 1.77 bits per heavy atom. The highest BCUT2D eigenvalue weighted by Crippen LogP contribution is 2.35. The summed E-state index contributed by atoms with van der Waals surface area (Å²) in [7, 11) is 0. The lowest BCUT2D eigenvalue weighted by Crippen LogP contribution is -1.86. The molecular formula is C10H8ClNO. The first-order valence-electron chi connectivity index (χ1n) is 3.86. The van der Waals surface area contributed by atoms with Crippen LogP contribution in [0.3, 0.4) is 0 Å². The zero-order chi connectivity index (χ0) is 9.42. The van der Waals surface area contributed by atoms with Crippen LogP contribution in [0.1, 0.15) is 0 Å². The van der Waals surface area contributed by atoms with Crippen molar-refractivity contribution in [3.8, 4) is 5.75 Å². The Bertz CT molecular complexity index is 468. The van der Waals surface area contributed by atoms with Gasteiger partial charge in [-0.05, 0) is 6.07 Å². The predicted molar refractivity (Wildman–Crippen MR) is 55.0 cm³/mol. The Morgan fingerprint density at radius 1 is 1.15 bits per heavy atom. The number of phenols is 1. The van der Waals surface area contributed by atoms with E-state index in [2.05, 4.69) is 0 Å². The van der Waals surface area contributed by atoms with E-state index in [0.717, 1.165) is 5.39 Å². The van der Waals surface area contributed by atoms with Crippen molar-refractivity contribution < 1.29 is 5.11 Å². The number of aromatic hydroxyl groups is 1. The number of hydrogen-bond acceptors (Lipinski definition) is 2. The molecule has 3 heteroatoms. The van der Waals surface area contributed by atoms with Crippen LogP contribution in [-0.4, -0.2) is 5.11 Å². The first-order valence-corrected chi connectivity index (χ1v) is 4.23. The van der Waals surface area contributed by atoms with Gasteiger partial charge in [0.25, 0.3) is 0 Å². The Morgan fingerprint density at radius 3 is 2.46 bits per heavy atom. The summed E-state index contributed by atoms with van der Waals surface area (Å²) in [6, 6.07) is 8.88. The van der Waals surface area contributed by atoms with Gasteiger partial charge in [-0.1, -0.05) is 35.9 Å². The molecule has 0 bridgehead atoms. The Labute approximate surface area is 80.6 Å². The van der Waals surface area contributed by atoms with Crippen molar-refractivity contribution in [1.82, 2.24) is 0 Å². The number of rotatable bonds is 0. The summed E-state index contributed by atoms with van der Waals surface area (Å²) < 4.78 is 0. The molecule has 66 valence electrons. The molecule has 13 heavy (non-hydrogen) atoms. The van der Waals surface area contributed by atoms with Crippen molar-refractivity contribution in [2.45, 2.75) is 0 Å². The maximum Gasteiger partial charge on any atom is 0.146 e. The van der Waals surface area contributed by atoms with E-state index in [0.29, 0.717) is 16.1 Å². The van der Waals surface area contributed by atoms with E-state index < -0.39 is 0 Å². The molecule has 0 saturated heterocycles. The maximum absolute atomic E-state index is 9.60. The quantitative estimate of drug-likeness (QED) is 0.499. The zero-order valence-corrected chi connectivity index (χ0v) is 7.55. The Hall–Kier alpha value is -1.41. The highest BCUT2D eigenvalue weighted by molar-refractivity contribution is 6.36. The zero-order valence-electron chi connectivity index (χ0n) is 6.79. The van der Waals surface area contributed by atoms with Gasteiger partial charge in [0.15, 0.2) is 0 Å². The largest absolute Gasteiger partial charge is 0.505 e. The molecule has 2 aromatic carbocycles. The van der Waals surface area contributed by atoms with Crippen LogP contribution in [0.5, 0.6) is 5.75 Å². The average Bonchev–Trinajstić information content (AvgIpc) is 2.15. The van der Waals surface area contributed by atoms with Crippen LogP contribution >= 0.6 is 11.6 Å². The van der Waals surface area contributed by atoms with Crippen LogP contribution in [0.4, 0.5) is 5.69 Å². The van der Waals surface area contributed by atoms with Crippen LogP contribution in [0.25, 0.3) is 10.8 Å². The number of nitrogens with two attached hydrogens (primary N) is 1. The van der Waals surface area contributed by atoms with Gasteiger partial charge < -0.3 is 10.8 Å². The van der Waals surface area contributed by atoms with Gasteiger partial charge in [-0.15, -0.1) is 0 Å². The summed E-state index contributed by atoms with van der Waals surface area (Å²) >= 11 is 5.94. The van der Waals surface area contributed by atoms with Crippen LogP contribution in [0.15, 0.2) is 30.3 Å². The molecule has 0 aliphatic heterocycles. The van der Waals surface area contributed by atoms with Crippen molar-refractivity contribution >= 4 is 28.1 Å². The van der Waals surface area contributed by atoms with E-state index in [4.69, 9.17) is 17.3 Å². The van der Waals surface area contributed by atoms with Gasteiger partial charge in [0.2, 0.25) is 0 Å². The van der Waals surface area contributed by atoms with Crippen LogP contribution < -0.4 is 5.73 Å². The minimum atomic E-state index is 0.0972. The smallest absolute Gasteiger partial charge is 0.146 e. The molecule has 0 fully saturated rings. The van der Waals surface area contributed by atoms with Gasteiger partial charge in [-0.25, -0.2) is 0 Å². The van der Waals surface area contributed by atoms with Gasteiger partial charge in [-0.2, -0.15) is 0 Å². The van der Waals surface area contributed by atoms with Crippen molar-refractivity contribution in [3.05, 3.63) is 35.4 Å². The lowest BCUT2D eigenvalue weighted by atomic mass is 10.1. The van der Waals surface area contributed by atoms with E-state index in [1.807, 2.05) is 18.2 Å². The summed E-state index contributed by atoms with van der Waals surface area (Å²) in [5, 5.41) is 11.7. The Kier molecular flexibility index (Phi) is 1.78. The van der Waals surface area contributed by atoms with Crippen molar-refractivity contribution in [1.29, 1.82) is 0 Å². The third-order valence-electron chi connectivity index (χ3n) is 2.00. The molecule has 0 aromatic heterocycles. The summed E-state index contributed by atoms with van der Waals surface area (Å²) in [6.07, 6.45) is 0. The van der Waals surface area contributed by atoms with Gasteiger partial charge >= 0.3 is 0 Å². The molecule has 0 heterocycles. The fourth-order valence-corrected chi connectivity index (χ4v) is 1.62. The van der Waals surface area contributed by atoms with Gasteiger partial charge in [-0.3, -0.25) is 0 Å². The van der Waals surface area contributed by atoms with E-state index in [1.165, 1.54) is 0 Å². The normalized spacial score (nSPS) is 10.5. The first kappa shape index (κ1) is 8.20. The molecule has 2 nitrogen and oxygen atoms in total. The molecule has 2 rings (SSSR count). The number of fused-ring (bicyclic) bond motifs is 1. The molecule has 0 spiro atoms. The Balaban J connectivity index is 2.97. The monoisotopic (exact) mass is 193 g/mol. The van der Waals surface area contributed by atoms with E-state index in [1.54, 1.807) is 12.1 Å². The van der Waals surface area contributed by atoms with Crippen molar-refractivity contribution in [2.24, 2.45) is 0 Å². The minimum absolute atomic E-state index is 0.0972. The number of nitrogen functional groups attached to an aromatic ring is 1. The van der Waals surface area contributed by atoms with E-state index in [9.17, 15) is 5.11 Å². The van der Waals surface area contributed by atoms with Gasteiger partial charge in [0.1, 0.15) is 5.75 Å². The number of phenolic OH excluding ortho intramolecular Hbond substituents is 1. The predicted octanol–water partition coefficient (Wildman–Crippen LogP) is 2.78. The second kappa shape index (κ2) is 2.82. The highest BCUT2D eigenvalue weighted by atomic mass is 35.5. The fourth-order valence-electron chi connectivity index (χ4n) is 1.34. The molecule has 0 aliphatic carbocycles. The SMILES string of the molecule is Nc1cc(Cl)c2ccccc2c1O.